The lowest BCUT2D eigenvalue weighted by atomic mass is 9.98. The van der Waals surface area contributed by atoms with E-state index in [0.717, 1.165) is 40.1 Å². The molecule has 0 aliphatic rings. The molecule has 1 N–H and O–H groups in total. The molecule has 6 aromatic rings. The Balaban J connectivity index is 1.48. The standard InChI is InChI=1S/C33H34N8O3/c1-5-11-28-34-31-29(32(42)41(22(3)44-4)33(43)40(31)21(2)24-12-7-6-8-13-24)39(28)20-23-16-18-25(19-17-23)26-14-9-10-15-27(26)30-35-37-38-36-30/h6-10,12-19,21-22H,5,11,20H2,1-4H3,(H,35,36,37,38). The van der Waals surface area contributed by atoms with Gasteiger partial charge in [0.15, 0.2) is 11.2 Å². The molecule has 3 heterocycles. The lowest BCUT2D eigenvalue weighted by Crippen LogP contribution is -2.43. The van der Waals surface area contributed by atoms with Gasteiger partial charge < -0.3 is 9.30 Å². The number of hydrogen-bond donors (Lipinski definition) is 1. The summed E-state index contributed by atoms with van der Waals surface area (Å²) in [5.74, 6) is 1.28. The van der Waals surface area contributed by atoms with Crippen LogP contribution in [0, 0.1) is 0 Å². The van der Waals surface area contributed by atoms with Crippen LogP contribution in [0.3, 0.4) is 0 Å². The molecule has 11 heteroatoms. The zero-order valence-electron chi connectivity index (χ0n) is 25.1. The topological polar surface area (TPSA) is 126 Å². The van der Waals surface area contributed by atoms with Gasteiger partial charge in [0.1, 0.15) is 12.1 Å². The predicted octanol–water partition coefficient (Wildman–Crippen LogP) is 4.98. The maximum absolute atomic E-state index is 14.1. The van der Waals surface area contributed by atoms with Crippen LogP contribution in [0.5, 0.6) is 0 Å². The third kappa shape index (κ3) is 5.15. The number of methoxy groups -OCH3 is 1. The number of nitrogens with zero attached hydrogens (tertiary/aromatic N) is 7. The van der Waals surface area contributed by atoms with E-state index >= 15 is 0 Å². The second-order valence-electron chi connectivity index (χ2n) is 10.8. The van der Waals surface area contributed by atoms with Crippen molar-refractivity contribution in [1.82, 2.24) is 39.3 Å². The molecule has 2 atom stereocenters. The summed E-state index contributed by atoms with van der Waals surface area (Å²) in [5, 5.41) is 14.5. The van der Waals surface area contributed by atoms with E-state index in [4.69, 9.17) is 9.72 Å². The molecule has 0 bridgehead atoms. The number of tetrazole rings is 1. The molecule has 44 heavy (non-hydrogen) atoms. The smallest absolute Gasteiger partial charge is 0.335 e. The number of fused-ring (bicyclic) bond motifs is 1. The highest BCUT2D eigenvalue weighted by Crippen LogP contribution is 2.30. The number of imidazole rings is 1. The highest BCUT2D eigenvalue weighted by molar-refractivity contribution is 5.80. The second-order valence-corrected chi connectivity index (χ2v) is 10.8. The van der Waals surface area contributed by atoms with Crippen molar-refractivity contribution >= 4 is 11.2 Å². The summed E-state index contributed by atoms with van der Waals surface area (Å²) in [4.78, 5) is 32.9. The molecule has 0 fully saturated rings. The van der Waals surface area contributed by atoms with Gasteiger partial charge in [-0.2, -0.15) is 5.21 Å². The Labute approximate surface area is 253 Å². The third-order valence-corrected chi connectivity index (χ3v) is 8.06. The number of aromatic amines is 1. The van der Waals surface area contributed by atoms with Crippen molar-refractivity contribution in [3.8, 4) is 22.5 Å². The first-order chi connectivity index (χ1) is 21.4. The lowest BCUT2D eigenvalue weighted by Gasteiger charge is -2.20. The van der Waals surface area contributed by atoms with E-state index in [9.17, 15) is 9.59 Å². The Morgan fingerprint density at radius 1 is 0.886 bits per heavy atom. The number of H-pyrrole nitrogens is 1. The van der Waals surface area contributed by atoms with E-state index < -0.39 is 17.5 Å². The zero-order valence-corrected chi connectivity index (χ0v) is 25.1. The monoisotopic (exact) mass is 590 g/mol. The fourth-order valence-electron chi connectivity index (χ4n) is 5.69. The molecule has 0 spiro atoms. The molecular formula is C33H34N8O3. The van der Waals surface area contributed by atoms with Crippen LogP contribution >= 0.6 is 0 Å². The third-order valence-electron chi connectivity index (χ3n) is 8.06. The molecule has 0 saturated heterocycles. The molecule has 224 valence electrons. The molecule has 0 aliphatic heterocycles. The first kappa shape index (κ1) is 28.9. The van der Waals surface area contributed by atoms with Crippen LogP contribution in [0.1, 0.15) is 56.4 Å². The maximum Gasteiger partial charge on any atom is 0.335 e. The highest BCUT2D eigenvalue weighted by Gasteiger charge is 2.26. The highest BCUT2D eigenvalue weighted by atomic mass is 16.5. The number of rotatable bonds is 10. The predicted molar refractivity (Wildman–Crippen MR) is 168 cm³/mol. The number of benzene rings is 3. The van der Waals surface area contributed by atoms with Crippen molar-refractivity contribution in [1.29, 1.82) is 0 Å². The van der Waals surface area contributed by atoms with Crippen LogP contribution in [-0.2, 0) is 17.7 Å². The average molecular weight is 591 g/mol. The van der Waals surface area contributed by atoms with E-state index in [2.05, 4.69) is 27.5 Å². The molecule has 3 aromatic carbocycles. The summed E-state index contributed by atoms with van der Waals surface area (Å²) in [6.07, 6.45) is 0.721. The van der Waals surface area contributed by atoms with Gasteiger partial charge in [-0.1, -0.05) is 85.8 Å². The largest absolute Gasteiger partial charge is 0.361 e. The van der Waals surface area contributed by atoms with Gasteiger partial charge in [0.2, 0.25) is 5.82 Å². The normalized spacial score (nSPS) is 12.9. The van der Waals surface area contributed by atoms with Gasteiger partial charge in [0.05, 0.1) is 6.04 Å². The van der Waals surface area contributed by atoms with Crippen LogP contribution in [0.15, 0.2) is 88.5 Å². The van der Waals surface area contributed by atoms with Gasteiger partial charge in [-0.15, -0.1) is 10.2 Å². The van der Waals surface area contributed by atoms with E-state index in [1.54, 1.807) is 11.5 Å². The van der Waals surface area contributed by atoms with Gasteiger partial charge in [0, 0.05) is 25.6 Å². The summed E-state index contributed by atoms with van der Waals surface area (Å²) >= 11 is 0. The van der Waals surface area contributed by atoms with Gasteiger partial charge in [-0.05, 0) is 47.7 Å². The van der Waals surface area contributed by atoms with Gasteiger partial charge in [0.25, 0.3) is 5.56 Å². The summed E-state index contributed by atoms with van der Waals surface area (Å²) in [6.45, 7) is 6.13. The molecule has 0 saturated carbocycles. The van der Waals surface area contributed by atoms with Crippen molar-refractivity contribution in [2.75, 3.05) is 7.11 Å². The molecule has 3 aromatic heterocycles. The van der Waals surface area contributed by atoms with Crippen molar-refractivity contribution in [3.05, 3.63) is 117 Å². The first-order valence-corrected chi connectivity index (χ1v) is 14.7. The Morgan fingerprint density at radius 2 is 1.59 bits per heavy atom. The van der Waals surface area contributed by atoms with E-state index in [1.807, 2.05) is 90.4 Å². The van der Waals surface area contributed by atoms with Gasteiger partial charge in [-0.25, -0.2) is 14.3 Å². The van der Waals surface area contributed by atoms with Crippen LogP contribution in [0.25, 0.3) is 33.7 Å². The SMILES string of the molecule is CCCc1nc2c(c(=O)n(C(C)OC)c(=O)n2C(C)c2ccccc2)n1Cc1ccc(-c2ccccc2-c2nn[nH]n2)cc1. The quantitative estimate of drug-likeness (QED) is 0.238. The molecular weight excluding hydrogens is 556 g/mol. The number of aryl methyl sites for hydroxylation is 1. The van der Waals surface area contributed by atoms with Crippen LogP contribution in [0.2, 0.25) is 0 Å². The Hall–Kier alpha value is -5.16. The second kappa shape index (κ2) is 12.2. The summed E-state index contributed by atoms with van der Waals surface area (Å²) in [5.41, 5.74) is 4.67. The number of ether oxygens (including phenoxy) is 1. The van der Waals surface area contributed by atoms with Gasteiger partial charge >= 0.3 is 5.69 Å². The lowest BCUT2D eigenvalue weighted by molar-refractivity contribution is 0.0528. The number of hydrogen-bond acceptors (Lipinski definition) is 7. The Bertz CT molecular complexity index is 2010. The fourth-order valence-corrected chi connectivity index (χ4v) is 5.69. The minimum Gasteiger partial charge on any atom is -0.361 e. The minimum atomic E-state index is -0.759. The van der Waals surface area contributed by atoms with Crippen LogP contribution < -0.4 is 11.2 Å². The molecule has 2 unspecified atom stereocenters. The van der Waals surface area contributed by atoms with E-state index in [1.165, 1.54) is 11.7 Å². The maximum atomic E-state index is 14.1. The van der Waals surface area contributed by atoms with Crippen LogP contribution in [-0.4, -0.2) is 46.4 Å². The molecule has 11 nitrogen and oxygen atoms in total. The van der Waals surface area contributed by atoms with E-state index in [0.29, 0.717) is 30.0 Å². The minimum absolute atomic E-state index is 0.363. The molecule has 0 amide bonds. The molecule has 6 rings (SSSR count). The van der Waals surface area contributed by atoms with Crippen LogP contribution in [0.4, 0.5) is 0 Å². The Morgan fingerprint density at radius 3 is 2.25 bits per heavy atom. The van der Waals surface area contributed by atoms with Gasteiger partial charge in [-0.3, -0.25) is 9.36 Å². The average Bonchev–Trinajstić information content (AvgIpc) is 3.71. The van der Waals surface area contributed by atoms with Crippen molar-refractivity contribution in [2.24, 2.45) is 0 Å². The fraction of sp³-hybridized carbons (Fsp3) is 0.273. The van der Waals surface area contributed by atoms with Crippen molar-refractivity contribution in [2.45, 2.75) is 52.4 Å². The van der Waals surface area contributed by atoms with E-state index in [-0.39, 0.29) is 6.04 Å². The number of nitrogens with one attached hydrogen (secondary N) is 1. The molecule has 0 aliphatic carbocycles. The van der Waals surface area contributed by atoms with Crippen molar-refractivity contribution in [3.63, 3.8) is 0 Å². The molecule has 0 radical (unpaired) electrons. The summed E-state index contributed by atoms with van der Waals surface area (Å²) < 4.78 is 10.3. The summed E-state index contributed by atoms with van der Waals surface area (Å²) in [7, 11) is 1.49. The number of aromatic nitrogens is 8. The Kier molecular flexibility index (Phi) is 8.03. The first-order valence-electron chi connectivity index (χ1n) is 14.7. The van der Waals surface area contributed by atoms with Crippen molar-refractivity contribution < 1.29 is 4.74 Å². The zero-order chi connectivity index (χ0) is 30.8. The summed E-state index contributed by atoms with van der Waals surface area (Å²) in [6, 6.07) is 25.5.